The number of sulfonamides is 1. The number of carbonyl (C=O) groups excluding carboxylic acids is 1. The summed E-state index contributed by atoms with van der Waals surface area (Å²) in [6.45, 7) is 0. The zero-order valence-corrected chi connectivity index (χ0v) is 20.1. The third-order valence-corrected chi connectivity index (χ3v) is 7.50. The molecule has 184 valence electrons. The van der Waals surface area contributed by atoms with E-state index in [0.29, 0.717) is 18.4 Å². The lowest BCUT2D eigenvalue weighted by Gasteiger charge is -2.24. The van der Waals surface area contributed by atoms with Crippen LogP contribution in [0.25, 0.3) is 0 Å². The minimum absolute atomic E-state index is 0.0335. The molecular formula is C27H30N2O5S. The molecule has 0 saturated heterocycles. The van der Waals surface area contributed by atoms with Crippen molar-refractivity contribution in [3.8, 4) is 0 Å². The predicted molar refractivity (Wildman–Crippen MR) is 133 cm³/mol. The molecule has 0 bridgehead atoms. The van der Waals surface area contributed by atoms with Gasteiger partial charge in [-0.2, -0.15) is 0 Å². The highest BCUT2D eigenvalue weighted by Crippen LogP contribution is 2.32. The number of nitrogens with two attached hydrogens (primary N) is 1. The Morgan fingerprint density at radius 2 is 1.63 bits per heavy atom. The van der Waals surface area contributed by atoms with E-state index in [0.717, 1.165) is 16.7 Å². The zero-order chi connectivity index (χ0) is 25.0. The summed E-state index contributed by atoms with van der Waals surface area (Å²) in [5.74, 6) is -0.859. The molecule has 1 aliphatic carbocycles. The van der Waals surface area contributed by atoms with Crippen molar-refractivity contribution < 1.29 is 23.4 Å². The average Bonchev–Trinajstić information content (AvgIpc) is 3.14. The number of primary sulfonamides is 1. The molecule has 7 nitrogen and oxygen atoms in total. The smallest absolute Gasteiger partial charge is 0.238 e. The summed E-state index contributed by atoms with van der Waals surface area (Å²) in [4.78, 5) is 13.4. The van der Waals surface area contributed by atoms with Gasteiger partial charge in [-0.1, -0.05) is 72.8 Å². The Labute approximate surface area is 205 Å². The maximum absolute atomic E-state index is 13.4. The summed E-state index contributed by atoms with van der Waals surface area (Å²) >= 11 is 0. The van der Waals surface area contributed by atoms with Crippen LogP contribution in [0.3, 0.4) is 0 Å². The predicted octanol–water partition coefficient (Wildman–Crippen LogP) is 2.26. The summed E-state index contributed by atoms with van der Waals surface area (Å²) in [5, 5.41) is 29.8. The van der Waals surface area contributed by atoms with Crippen LogP contribution in [-0.2, 0) is 34.1 Å². The summed E-state index contributed by atoms with van der Waals surface area (Å²) < 4.78 is 23.9. The quantitative estimate of drug-likeness (QED) is 0.363. The van der Waals surface area contributed by atoms with Gasteiger partial charge in [0.05, 0.1) is 23.1 Å². The van der Waals surface area contributed by atoms with E-state index < -0.39 is 34.2 Å². The molecule has 0 fully saturated rings. The fourth-order valence-electron chi connectivity index (χ4n) is 4.82. The minimum atomic E-state index is -3.94. The molecule has 5 N–H and O–H groups in total. The number of rotatable bonds is 9. The second-order valence-electron chi connectivity index (χ2n) is 9.09. The zero-order valence-electron chi connectivity index (χ0n) is 19.2. The van der Waals surface area contributed by atoms with Crippen LogP contribution in [0.2, 0.25) is 0 Å². The van der Waals surface area contributed by atoms with Gasteiger partial charge in [0.15, 0.2) is 0 Å². The Hall–Kier alpha value is -3.04. The Balaban J connectivity index is 1.53. The molecule has 0 aromatic heterocycles. The van der Waals surface area contributed by atoms with Crippen molar-refractivity contribution in [1.82, 2.24) is 5.32 Å². The van der Waals surface area contributed by atoms with Crippen LogP contribution < -0.4 is 10.5 Å². The van der Waals surface area contributed by atoms with E-state index in [1.165, 1.54) is 6.07 Å². The molecule has 1 aliphatic rings. The highest BCUT2D eigenvalue weighted by atomic mass is 32.2. The van der Waals surface area contributed by atoms with Crippen LogP contribution in [0.5, 0.6) is 0 Å². The van der Waals surface area contributed by atoms with E-state index >= 15 is 0 Å². The second-order valence-corrected chi connectivity index (χ2v) is 10.6. The van der Waals surface area contributed by atoms with Crippen LogP contribution in [0.15, 0.2) is 83.8 Å². The molecular weight excluding hydrogens is 464 g/mol. The number of aliphatic hydroxyl groups excluding tert-OH is 2. The normalized spacial score (nSPS) is 19.1. The molecule has 3 aromatic carbocycles. The summed E-state index contributed by atoms with van der Waals surface area (Å²) in [6.07, 6.45) is -0.675. The van der Waals surface area contributed by atoms with Gasteiger partial charge in [0.25, 0.3) is 0 Å². The average molecular weight is 495 g/mol. The van der Waals surface area contributed by atoms with E-state index in [9.17, 15) is 23.4 Å². The van der Waals surface area contributed by atoms with Crippen molar-refractivity contribution in [1.29, 1.82) is 0 Å². The number of amides is 1. The molecule has 0 heterocycles. The van der Waals surface area contributed by atoms with Crippen molar-refractivity contribution in [3.63, 3.8) is 0 Å². The summed E-state index contributed by atoms with van der Waals surface area (Å²) in [6, 6.07) is 22.9. The number of carbonyl (C=O) groups is 1. The van der Waals surface area contributed by atoms with E-state index in [1.807, 2.05) is 54.6 Å². The van der Waals surface area contributed by atoms with Crippen LogP contribution in [-0.4, -0.2) is 36.7 Å². The Morgan fingerprint density at radius 3 is 2.37 bits per heavy atom. The van der Waals surface area contributed by atoms with E-state index in [4.69, 9.17) is 5.14 Å². The van der Waals surface area contributed by atoms with Crippen LogP contribution >= 0.6 is 0 Å². The molecule has 3 aromatic rings. The molecule has 4 rings (SSSR count). The van der Waals surface area contributed by atoms with Crippen LogP contribution in [0, 0.1) is 5.92 Å². The van der Waals surface area contributed by atoms with Crippen molar-refractivity contribution in [2.45, 2.75) is 48.8 Å². The molecule has 35 heavy (non-hydrogen) atoms. The topological polar surface area (TPSA) is 130 Å². The van der Waals surface area contributed by atoms with Gasteiger partial charge in [0.2, 0.25) is 15.9 Å². The SMILES string of the molecule is NS(=O)(=O)c1ccccc1C[C@@H](O)C[C@@H](Cc1ccccc1)C(=O)NC1c2ccccc2C[C@H]1O. The first-order chi connectivity index (χ1) is 16.7. The maximum atomic E-state index is 13.4. The van der Waals surface area contributed by atoms with E-state index in [2.05, 4.69) is 5.32 Å². The van der Waals surface area contributed by atoms with Crippen molar-refractivity contribution in [2.75, 3.05) is 0 Å². The van der Waals surface area contributed by atoms with Crippen LogP contribution in [0.4, 0.5) is 0 Å². The van der Waals surface area contributed by atoms with Crippen molar-refractivity contribution in [3.05, 3.63) is 101 Å². The molecule has 0 radical (unpaired) electrons. The molecule has 0 saturated carbocycles. The third kappa shape index (κ3) is 6.15. The Bertz CT molecular complexity index is 1280. The molecule has 1 amide bonds. The molecule has 0 aliphatic heterocycles. The highest BCUT2D eigenvalue weighted by molar-refractivity contribution is 7.89. The number of fused-ring (bicyclic) bond motifs is 1. The fraction of sp³-hybridized carbons (Fsp3) is 0.296. The van der Waals surface area contributed by atoms with Gasteiger partial charge >= 0.3 is 0 Å². The van der Waals surface area contributed by atoms with Crippen molar-refractivity contribution in [2.24, 2.45) is 11.1 Å². The van der Waals surface area contributed by atoms with Crippen molar-refractivity contribution >= 4 is 15.9 Å². The van der Waals surface area contributed by atoms with Gasteiger partial charge < -0.3 is 15.5 Å². The first kappa shape index (κ1) is 25.1. The molecule has 0 spiro atoms. The van der Waals surface area contributed by atoms with Gasteiger partial charge in [0, 0.05) is 12.3 Å². The lowest BCUT2D eigenvalue weighted by atomic mass is 9.90. The first-order valence-corrected chi connectivity index (χ1v) is 13.2. The summed E-state index contributed by atoms with van der Waals surface area (Å²) in [7, 11) is -3.94. The molecule has 1 unspecified atom stereocenters. The summed E-state index contributed by atoms with van der Waals surface area (Å²) in [5.41, 5.74) is 3.25. The van der Waals surface area contributed by atoms with Gasteiger partial charge in [-0.15, -0.1) is 0 Å². The first-order valence-electron chi connectivity index (χ1n) is 11.6. The van der Waals surface area contributed by atoms with Gasteiger partial charge in [-0.3, -0.25) is 4.79 Å². The second kappa shape index (κ2) is 10.7. The van der Waals surface area contributed by atoms with Crippen LogP contribution in [0.1, 0.15) is 34.7 Å². The number of aliphatic hydroxyl groups is 2. The van der Waals surface area contributed by atoms with E-state index in [1.54, 1.807) is 18.2 Å². The largest absolute Gasteiger partial charge is 0.393 e. The number of benzene rings is 3. The Morgan fingerprint density at radius 1 is 0.971 bits per heavy atom. The number of hydrogen-bond donors (Lipinski definition) is 4. The highest BCUT2D eigenvalue weighted by Gasteiger charge is 2.34. The fourth-order valence-corrected chi connectivity index (χ4v) is 5.60. The number of hydrogen-bond acceptors (Lipinski definition) is 5. The molecule has 8 heteroatoms. The van der Waals surface area contributed by atoms with Gasteiger partial charge in [0.1, 0.15) is 0 Å². The minimum Gasteiger partial charge on any atom is -0.393 e. The van der Waals surface area contributed by atoms with Gasteiger partial charge in [-0.05, 0) is 47.6 Å². The Kier molecular flexibility index (Phi) is 7.66. The molecule has 4 atom stereocenters. The standard InChI is InChI=1S/C27H30N2O5S/c28-35(33,34)25-13-7-5-11-20(25)15-22(30)16-21(14-18-8-2-1-3-9-18)27(32)29-26-23-12-6-4-10-19(23)17-24(26)31/h1-13,21-22,24,26,30-31H,14-17H2,(H,29,32)(H2,28,33,34)/t21-,22-,24-,26?/m1/s1. The van der Waals surface area contributed by atoms with E-state index in [-0.39, 0.29) is 23.6 Å². The third-order valence-electron chi connectivity index (χ3n) is 6.49. The number of nitrogens with one attached hydrogen (secondary N) is 1. The maximum Gasteiger partial charge on any atom is 0.238 e. The lowest BCUT2D eigenvalue weighted by molar-refractivity contribution is -0.127. The monoisotopic (exact) mass is 494 g/mol. The lowest BCUT2D eigenvalue weighted by Crippen LogP contribution is -2.39. The van der Waals surface area contributed by atoms with Gasteiger partial charge in [-0.25, -0.2) is 13.6 Å².